The van der Waals surface area contributed by atoms with Crippen LogP contribution in [0.15, 0.2) is 60.7 Å². The van der Waals surface area contributed by atoms with Gasteiger partial charge in [-0.25, -0.2) is 4.98 Å². The summed E-state index contributed by atoms with van der Waals surface area (Å²) < 4.78 is 16.8. The molecule has 8 heteroatoms. The number of hydrogen-bond acceptors (Lipinski definition) is 6. The van der Waals surface area contributed by atoms with Gasteiger partial charge in [0.1, 0.15) is 11.6 Å². The molecular formula is C22H17Cl2N3O3. The van der Waals surface area contributed by atoms with Gasteiger partial charge in [-0.3, -0.25) is 0 Å². The lowest BCUT2D eigenvalue weighted by Gasteiger charge is -2.15. The van der Waals surface area contributed by atoms with Crippen molar-refractivity contribution >= 4 is 45.6 Å². The molecule has 3 aromatic carbocycles. The second-order valence-corrected chi connectivity index (χ2v) is 7.02. The summed E-state index contributed by atoms with van der Waals surface area (Å²) in [5.41, 5.74) is 1.22. The minimum absolute atomic E-state index is 0.0878. The first-order valence-corrected chi connectivity index (χ1v) is 9.71. The average molecular weight is 442 g/mol. The van der Waals surface area contributed by atoms with Gasteiger partial charge in [-0.05, 0) is 48.0 Å². The minimum atomic E-state index is 0.0878. The van der Waals surface area contributed by atoms with Crippen LogP contribution in [0.25, 0.3) is 10.9 Å². The standard InChI is InChI=1S/C22H17Cl2N3O3/c1-28-19-11-15-16(12-20(19)29-2)26-22(24)27-21(15)25-17-10-13(23)8-9-18(17)30-14-6-4-3-5-7-14/h3-12H,1-2H3,(H,25,26,27). The summed E-state index contributed by atoms with van der Waals surface area (Å²) in [6, 6.07) is 18.3. The smallest absolute Gasteiger partial charge is 0.224 e. The minimum Gasteiger partial charge on any atom is -0.493 e. The predicted octanol–water partition coefficient (Wildman–Crippen LogP) is 6.49. The monoisotopic (exact) mass is 441 g/mol. The third kappa shape index (κ3) is 4.20. The van der Waals surface area contributed by atoms with Crippen molar-refractivity contribution in [1.82, 2.24) is 9.97 Å². The summed E-state index contributed by atoms with van der Waals surface area (Å²) >= 11 is 12.4. The van der Waals surface area contributed by atoms with Gasteiger partial charge in [-0.2, -0.15) is 4.98 Å². The second-order valence-electron chi connectivity index (χ2n) is 6.25. The van der Waals surface area contributed by atoms with E-state index >= 15 is 0 Å². The van der Waals surface area contributed by atoms with E-state index in [0.29, 0.717) is 50.4 Å². The zero-order chi connectivity index (χ0) is 21.1. The number of rotatable bonds is 6. The summed E-state index contributed by atoms with van der Waals surface area (Å²) in [5.74, 6) is 2.84. The molecule has 0 atom stereocenters. The van der Waals surface area contributed by atoms with Gasteiger partial charge in [-0.1, -0.05) is 29.8 Å². The largest absolute Gasteiger partial charge is 0.493 e. The van der Waals surface area contributed by atoms with E-state index < -0.39 is 0 Å². The van der Waals surface area contributed by atoms with Crippen LogP contribution in [0, 0.1) is 0 Å². The normalized spacial score (nSPS) is 10.7. The number of methoxy groups -OCH3 is 2. The van der Waals surface area contributed by atoms with Crippen molar-refractivity contribution in [3.63, 3.8) is 0 Å². The molecule has 0 saturated heterocycles. The Morgan fingerprint density at radius 2 is 1.53 bits per heavy atom. The summed E-state index contributed by atoms with van der Waals surface area (Å²) in [7, 11) is 3.13. The maximum absolute atomic E-state index is 6.23. The summed E-state index contributed by atoms with van der Waals surface area (Å²) in [6.07, 6.45) is 0. The molecule has 0 spiro atoms. The van der Waals surface area contributed by atoms with Crippen LogP contribution in [0.5, 0.6) is 23.0 Å². The fourth-order valence-corrected chi connectivity index (χ4v) is 3.30. The Morgan fingerprint density at radius 3 is 2.27 bits per heavy atom. The van der Waals surface area contributed by atoms with Crippen LogP contribution < -0.4 is 19.5 Å². The lowest BCUT2D eigenvalue weighted by molar-refractivity contribution is 0.356. The van der Waals surface area contributed by atoms with E-state index in [-0.39, 0.29) is 5.28 Å². The summed E-state index contributed by atoms with van der Waals surface area (Å²) in [6.45, 7) is 0. The molecule has 6 nitrogen and oxygen atoms in total. The summed E-state index contributed by atoms with van der Waals surface area (Å²) in [4.78, 5) is 8.64. The van der Waals surface area contributed by atoms with Crippen LogP contribution in [0.1, 0.15) is 0 Å². The molecular weight excluding hydrogens is 425 g/mol. The summed E-state index contributed by atoms with van der Waals surface area (Å²) in [5, 5.41) is 4.59. The van der Waals surface area contributed by atoms with Crippen molar-refractivity contribution in [2.45, 2.75) is 0 Å². The number of ether oxygens (including phenoxy) is 3. The van der Waals surface area contributed by atoms with E-state index in [1.165, 1.54) is 0 Å². The maximum atomic E-state index is 6.23. The van der Waals surface area contributed by atoms with Gasteiger partial charge in [0.2, 0.25) is 5.28 Å². The predicted molar refractivity (Wildman–Crippen MR) is 119 cm³/mol. The number of benzene rings is 3. The van der Waals surface area contributed by atoms with Crippen LogP contribution in [0.4, 0.5) is 11.5 Å². The fraction of sp³-hybridized carbons (Fsp3) is 0.0909. The average Bonchev–Trinajstić information content (AvgIpc) is 2.75. The van der Waals surface area contributed by atoms with Crippen molar-refractivity contribution in [2.75, 3.05) is 19.5 Å². The number of hydrogen-bond donors (Lipinski definition) is 1. The topological polar surface area (TPSA) is 65.5 Å². The first-order chi connectivity index (χ1) is 14.6. The van der Waals surface area contributed by atoms with Gasteiger partial charge in [-0.15, -0.1) is 0 Å². The molecule has 4 aromatic rings. The van der Waals surface area contributed by atoms with Crippen molar-refractivity contribution in [2.24, 2.45) is 0 Å². The molecule has 1 N–H and O–H groups in total. The molecule has 1 aromatic heterocycles. The van der Waals surface area contributed by atoms with E-state index in [1.807, 2.05) is 30.3 Å². The quantitative estimate of drug-likeness (QED) is 0.345. The highest BCUT2D eigenvalue weighted by molar-refractivity contribution is 6.31. The zero-order valence-corrected chi connectivity index (χ0v) is 17.7. The lowest BCUT2D eigenvalue weighted by Crippen LogP contribution is -2.00. The number of fused-ring (bicyclic) bond motifs is 1. The molecule has 0 aliphatic heterocycles. The first kappa shape index (κ1) is 20.1. The third-order valence-corrected chi connectivity index (χ3v) is 4.74. The highest BCUT2D eigenvalue weighted by atomic mass is 35.5. The van der Waals surface area contributed by atoms with Crippen LogP contribution in [0.3, 0.4) is 0 Å². The van der Waals surface area contributed by atoms with Crippen LogP contribution >= 0.6 is 23.2 Å². The molecule has 30 heavy (non-hydrogen) atoms. The van der Waals surface area contributed by atoms with Gasteiger partial charge >= 0.3 is 0 Å². The first-order valence-electron chi connectivity index (χ1n) is 8.96. The van der Waals surface area contributed by atoms with Crippen molar-refractivity contribution in [3.8, 4) is 23.0 Å². The Hall–Kier alpha value is -3.22. The Morgan fingerprint density at radius 1 is 0.800 bits per heavy atom. The molecule has 1 heterocycles. The number of nitrogens with zero attached hydrogens (tertiary/aromatic N) is 2. The third-order valence-electron chi connectivity index (χ3n) is 4.34. The molecule has 4 rings (SSSR count). The Kier molecular flexibility index (Phi) is 5.79. The molecule has 0 bridgehead atoms. The Balaban J connectivity index is 1.80. The highest BCUT2D eigenvalue weighted by Crippen LogP contribution is 2.38. The number of para-hydroxylation sites is 1. The SMILES string of the molecule is COc1cc2nc(Cl)nc(Nc3cc(Cl)ccc3Oc3ccccc3)c2cc1OC. The zero-order valence-electron chi connectivity index (χ0n) is 16.1. The highest BCUT2D eigenvalue weighted by Gasteiger charge is 2.15. The molecule has 0 aliphatic carbocycles. The van der Waals surface area contributed by atoms with E-state index in [1.54, 1.807) is 44.6 Å². The van der Waals surface area contributed by atoms with Crippen LogP contribution in [-0.4, -0.2) is 24.2 Å². The molecule has 152 valence electrons. The van der Waals surface area contributed by atoms with Gasteiger partial charge in [0, 0.05) is 16.5 Å². The Bertz CT molecular complexity index is 1200. The van der Waals surface area contributed by atoms with Crippen LogP contribution in [0.2, 0.25) is 10.3 Å². The van der Waals surface area contributed by atoms with Gasteiger partial charge in [0.15, 0.2) is 17.2 Å². The van der Waals surface area contributed by atoms with Gasteiger partial charge in [0.25, 0.3) is 0 Å². The molecule has 0 unspecified atom stereocenters. The van der Waals surface area contributed by atoms with Gasteiger partial charge in [0.05, 0.1) is 25.4 Å². The van der Waals surface area contributed by atoms with Gasteiger partial charge < -0.3 is 19.5 Å². The van der Waals surface area contributed by atoms with E-state index in [9.17, 15) is 0 Å². The van der Waals surface area contributed by atoms with E-state index in [4.69, 9.17) is 37.4 Å². The number of aromatic nitrogens is 2. The molecule has 0 fully saturated rings. The lowest BCUT2D eigenvalue weighted by atomic mass is 10.2. The molecule has 0 aliphatic rings. The maximum Gasteiger partial charge on any atom is 0.224 e. The second kappa shape index (κ2) is 8.65. The molecule has 0 saturated carbocycles. The molecule has 0 amide bonds. The van der Waals surface area contributed by atoms with E-state index in [0.717, 1.165) is 0 Å². The van der Waals surface area contributed by atoms with Crippen LogP contribution in [-0.2, 0) is 0 Å². The fourth-order valence-electron chi connectivity index (χ4n) is 2.95. The van der Waals surface area contributed by atoms with Crippen molar-refractivity contribution < 1.29 is 14.2 Å². The number of anilines is 2. The Labute approximate surface area is 183 Å². The molecule has 0 radical (unpaired) electrons. The van der Waals surface area contributed by atoms with Crippen molar-refractivity contribution in [1.29, 1.82) is 0 Å². The van der Waals surface area contributed by atoms with Crippen molar-refractivity contribution in [3.05, 3.63) is 71.0 Å². The number of halogens is 2. The van der Waals surface area contributed by atoms with E-state index in [2.05, 4.69) is 15.3 Å². The number of nitrogens with one attached hydrogen (secondary N) is 1.